The third kappa shape index (κ3) is 2.67. The van der Waals surface area contributed by atoms with Crippen LogP contribution in [0.1, 0.15) is 6.42 Å². The minimum atomic E-state index is -0.228. The quantitative estimate of drug-likeness (QED) is 0.724. The highest BCUT2D eigenvalue weighted by atomic mass is 16.1. The minimum Gasteiger partial charge on any atom is -0.383 e. The number of anilines is 1. The molecule has 0 saturated heterocycles. The van der Waals surface area contributed by atoms with E-state index >= 15 is 0 Å². The lowest BCUT2D eigenvalue weighted by molar-refractivity contribution is 1.07. The third-order valence-corrected chi connectivity index (χ3v) is 3.33. The Morgan fingerprint density at radius 3 is 2.77 bits per heavy atom. The van der Waals surface area contributed by atoms with Crippen LogP contribution in [0, 0.1) is 11.3 Å². The van der Waals surface area contributed by atoms with Crippen molar-refractivity contribution in [3.63, 3.8) is 0 Å². The van der Waals surface area contributed by atoms with Crippen LogP contribution in [-0.4, -0.2) is 16.5 Å². The van der Waals surface area contributed by atoms with Gasteiger partial charge in [-0.25, -0.2) is 4.98 Å². The Morgan fingerprint density at radius 1 is 1.14 bits per heavy atom. The van der Waals surface area contributed by atoms with E-state index < -0.39 is 0 Å². The van der Waals surface area contributed by atoms with E-state index in [0.717, 1.165) is 16.8 Å². The van der Waals surface area contributed by atoms with Gasteiger partial charge in [-0.05, 0) is 18.2 Å². The minimum absolute atomic E-state index is 0.228. The van der Waals surface area contributed by atoms with E-state index in [1.165, 1.54) is 0 Å². The number of fused-ring (bicyclic) bond motifs is 1. The zero-order valence-corrected chi connectivity index (χ0v) is 11.8. The highest BCUT2D eigenvalue weighted by Crippen LogP contribution is 2.24. The van der Waals surface area contributed by atoms with Crippen molar-refractivity contribution in [2.24, 2.45) is 0 Å². The first-order valence-electron chi connectivity index (χ1n) is 6.99. The van der Waals surface area contributed by atoms with Gasteiger partial charge in [0.1, 0.15) is 5.69 Å². The Kier molecular flexibility index (Phi) is 3.84. The number of nitrogens with zero attached hydrogens (tertiary/aromatic N) is 2. The number of benzene rings is 2. The average molecular weight is 290 g/mol. The molecule has 108 valence electrons. The summed E-state index contributed by atoms with van der Waals surface area (Å²) >= 11 is 0. The van der Waals surface area contributed by atoms with E-state index in [0.29, 0.717) is 24.2 Å². The molecule has 2 N–H and O–H groups in total. The summed E-state index contributed by atoms with van der Waals surface area (Å²) in [4.78, 5) is 19.7. The Balaban J connectivity index is 2.09. The maximum absolute atomic E-state index is 12.3. The molecule has 5 heteroatoms. The SMILES string of the molecule is N#CCCNc1ccccc1-c1nc2ccccc2[nH]c1=O. The van der Waals surface area contributed by atoms with E-state index in [4.69, 9.17) is 5.26 Å². The molecule has 2 aromatic carbocycles. The van der Waals surface area contributed by atoms with E-state index in [2.05, 4.69) is 21.4 Å². The summed E-state index contributed by atoms with van der Waals surface area (Å²) in [5, 5.41) is 11.8. The van der Waals surface area contributed by atoms with Crippen LogP contribution in [0.3, 0.4) is 0 Å². The molecule has 0 spiro atoms. The Labute approximate surface area is 127 Å². The van der Waals surface area contributed by atoms with Crippen LogP contribution >= 0.6 is 0 Å². The molecule has 0 aliphatic rings. The number of hydrogen-bond acceptors (Lipinski definition) is 4. The first-order valence-corrected chi connectivity index (χ1v) is 6.99. The maximum atomic E-state index is 12.3. The van der Waals surface area contributed by atoms with Crippen molar-refractivity contribution in [2.75, 3.05) is 11.9 Å². The first kappa shape index (κ1) is 13.8. The predicted octanol–water partition coefficient (Wildman–Crippen LogP) is 2.92. The monoisotopic (exact) mass is 290 g/mol. The van der Waals surface area contributed by atoms with Gasteiger partial charge in [0.25, 0.3) is 5.56 Å². The van der Waals surface area contributed by atoms with Crippen LogP contribution in [0.2, 0.25) is 0 Å². The fraction of sp³-hybridized carbons (Fsp3) is 0.118. The molecule has 5 nitrogen and oxygen atoms in total. The summed E-state index contributed by atoms with van der Waals surface area (Å²) in [5.74, 6) is 0. The van der Waals surface area contributed by atoms with Gasteiger partial charge in [0, 0.05) is 17.8 Å². The van der Waals surface area contributed by atoms with Crippen LogP contribution in [0.5, 0.6) is 0 Å². The molecule has 0 fully saturated rings. The van der Waals surface area contributed by atoms with Crippen molar-refractivity contribution in [3.8, 4) is 17.3 Å². The Hall–Kier alpha value is -3.13. The number of nitrogens with one attached hydrogen (secondary N) is 2. The molecule has 0 bridgehead atoms. The highest BCUT2D eigenvalue weighted by molar-refractivity contribution is 5.80. The molecule has 0 unspecified atom stereocenters. The van der Waals surface area contributed by atoms with Crippen LogP contribution < -0.4 is 10.9 Å². The number of aromatic amines is 1. The molecule has 0 amide bonds. The number of rotatable bonds is 4. The molecule has 0 aliphatic heterocycles. The largest absolute Gasteiger partial charge is 0.383 e. The second kappa shape index (κ2) is 6.10. The second-order valence-electron chi connectivity index (χ2n) is 4.81. The number of H-pyrrole nitrogens is 1. The third-order valence-electron chi connectivity index (χ3n) is 3.33. The van der Waals surface area contributed by atoms with Crippen molar-refractivity contribution in [1.29, 1.82) is 5.26 Å². The van der Waals surface area contributed by atoms with Gasteiger partial charge >= 0.3 is 0 Å². The Bertz CT molecular complexity index is 908. The van der Waals surface area contributed by atoms with Crippen LogP contribution in [0.25, 0.3) is 22.3 Å². The molecule has 3 rings (SSSR count). The molecule has 0 aliphatic carbocycles. The van der Waals surface area contributed by atoms with Crippen molar-refractivity contribution < 1.29 is 0 Å². The molecule has 0 atom stereocenters. The fourth-order valence-electron chi connectivity index (χ4n) is 2.31. The van der Waals surface area contributed by atoms with E-state index in [1.54, 1.807) is 0 Å². The van der Waals surface area contributed by atoms with Gasteiger partial charge in [-0.2, -0.15) is 5.26 Å². The summed E-state index contributed by atoms with van der Waals surface area (Å²) < 4.78 is 0. The van der Waals surface area contributed by atoms with Gasteiger partial charge in [0.2, 0.25) is 0 Å². The molecule has 0 saturated carbocycles. The molecule has 3 aromatic rings. The van der Waals surface area contributed by atoms with Gasteiger partial charge in [0.05, 0.1) is 23.5 Å². The predicted molar refractivity (Wildman–Crippen MR) is 86.5 cm³/mol. The van der Waals surface area contributed by atoms with E-state index in [1.807, 2.05) is 48.5 Å². The van der Waals surface area contributed by atoms with Gasteiger partial charge in [-0.3, -0.25) is 4.79 Å². The Morgan fingerprint density at radius 2 is 1.91 bits per heavy atom. The van der Waals surface area contributed by atoms with Crippen molar-refractivity contribution in [1.82, 2.24) is 9.97 Å². The zero-order valence-electron chi connectivity index (χ0n) is 11.8. The topological polar surface area (TPSA) is 81.6 Å². The van der Waals surface area contributed by atoms with Crippen molar-refractivity contribution in [2.45, 2.75) is 6.42 Å². The van der Waals surface area contributed by atoms with Crippen LogP contribution in [0.4, 0.5) is 5.69 Å². The highest BCUT2D eigenvalue weighted by Gasteiger charge is 2.11. The molecule has 1 aromatic heterocycles. The lowest BCUT2D eigenvalue weighted by Crippen LogP contribution is -2.13. The van der Waals surface area contributed by atoms with Crippen LogP contribution in [0.15, 0.2) is 53.3 Å². The van der Waals surface area contributed by atoms with Gasteiger partial charge in [-0.15, -0.1) is 0 Å². The zero-order chi connectivity index (χ0) is 15.4. The van der Waals surface area contributed by atoms with Gasteiger partial charge < -0.3 is 10.3 Å². The average Bonchev–Trinajstić information content (AvgIpc) is 2.55. The van der Waals surface area contributed by atoms with Crippen molar-refractivity contribution in [3.05, 3.63) is 58.9 Å². The van der Waals surface area contributed by atoms with E-state index in [9.17, 15) is 4.79 Å². The number of nitriles is 1. The standard InChI is InChI=1S/C17H14N4O/c18-10-5-11-19-13-7-2-1-6-12(13)16-17(22)21-15-9-4-3-8-14(15)20-16/h1-4,6-9,19H,5,11H2,(H,21,22). The summed E-state index contributed by atoms with van der Waals surface area (Å²) in [6.07, 6.45) is 0.399. The van der Waals surface area contributed by atoms with Crippen LogP contribution in [-0.2, 0) is 0 Å². The number of para-hydroxylation sites is 3. The molecular weight excluding hydrogens is 276 g/mol. The van der Waals surface area contributed by atoms with Gasteiger partial charge in [0.15, 0.2) is 0 Å². The number of aromatic nitrogens is 2. The molecule has 1 heterocycles. The summed E-state index contributed by atoms with van der Waals surface area (Å²) in [7, 11) is 0. The number of hydrogen-bond donors (Lipinski definition) is 2. The summed E-state index contributed by atoms with van der Waals surface area (Å²) in [6, 6.07) is 17.0. The molecule has 22 heavy (non-hydrogen) atoms. The normalized spacial score (nSPS) is 10.3. The van der Waals surface area contributed by atoms with Gasteiger partial charge in [-0.1, -0.05) is 30.3 Å². The lowest BCUT2D eigenvalue weighted by atomic mass is 10.1. The molecule has 0 radical (unpaired) electrons. The second-order valence-corrected chi connectivity index (χ2v) is 4.81. The summed E-state index contributed by atoms with van der Waals surface area (Å²) in [5.41, 5.74) is 3.13. The van der Waals surface area contributed by atoms with Crippen molar-refractivity contribution >= 4 is 16.7 Å². The first-order chi connectivity index (χ1) is 10.8. The lowest BCUT2D eigenvalue weighted by Gasteiger charge is -2.10. The van der Waals surface area contributed by atoms with E-state index in [-0.39, 0.29) is 5.56 Å². The fourth-order valence-corrected chi connectivity index (χ4v) is 2.31. The smallest absolute Gasteiger partial charge is 0.275 e. The molecular formula is C17H14N4O. The maximum Gasteiger partial charge on any atom is 0.275 e. The summed E-state index contributed by atoms with van der Waals surface area (Å²) in [6.45, 7) is 0.527.